The molecule has 2 heterocycles. The Morgan fingerprint density at radius 1 is 1.48 bits per heavy atom. The quantitative estimate of drug-likeness (QED) is 0.444. The third-order valence-corrected chi connectivity index (χ3v) is 3.38. The van der Waals surface area contributed by atoms with Crippen LogP contribution in [-0.4, -0.2) is 19.5 Å². The number of H-pyrrole nitrogens is 1. The van der Waals surface area contributed by atoms with Crippen LogP contribution in [0.15, 0.2) is 36.9 Å². The van der Waals surface area contributed by atoms with Gasteiger partial charge < -0.3 is 4.98 Å². The van der Waals surface area contributed by atoms with Gasteiger partial charge in [0.15, 0.2) is 5.52 Å². The maximum absolute atomic E-state index is 11.0. The molecule has 7 heteroatoms. The maximum Gasteiger partial charge on any atom is 0.304 e. The van der Waals surface area contributed by atoms with E-state index >= 15 is 0 Å². The first kappa shape index (κ1) is 13.3. The summed E-state index contributed by atoms with van der Waals surface area (Å²) in [5.74, 6) is 0.578. The van der Waals surface area contributed by atoms with Crippen molar-refractivity contribution in [2.45, 2.75) is 26.3 Å². The number of aromatic nitrogens is 4. The zero-order valence-electron chi connectivity index (χ0n) is 11.7. The Kier molecular flexibility index (Phi) is 3.39. The molecule has 0 aliphatic carbocycles. The number of hydrogen-bond donors (Lipinski definition) is 1. The predicted molar refractivity (Wildman–Crippen MR) is 77.2 cm³/mol. The van der Waals surface area contributed by atoms with Gasteiger partial charge in [-0.05, 0) is 12.5 Å². The Hall–Kier alpha value is -2.70. The Morgan fingerprint density at radius 3 is 3.10 bits per heavy atom. The summed E-state index contributed by atoms with van der Waals surface area (Å²) >= 11 is 0. The van der Waals surface area contributed by atoms with Crippen LogP contribution in [0.5, 0.6) is 0 Å². The molecular formula is C14H16N5O2+. The van der Waals surface area contributed by atoms with Gasteiger partial charge in [-0.1, -0.05) is 19.4 Å². The minimum atomic E-state index is -0.413. The molecule has 0 atom stereocenters. The summed E-state index contributed by atoms with van der Waals surface area (Å²) < 4.78 is 3.91. The first-order chi connectivity index (χ1) is 10.2. The SMILES string of the molecule is CCCC[n+]1ccn(-c2nc3c([N+](=O)[O-])cccc3[nH]2)c1. The van der Waals surface area contributed by atoms with Gasteiger partial charge in [0.25, 0.3) is 12.0 Å². The molecule has 3 aromatic rings. The molecule has 0 amide bonds. The number of imidazole rings is 2. The lowest BCUT2D eigenvalue weighted by Gasteiger charge is -1.91. The lowest BCUT2D eigenvalue weighted by atomic mass is 10.3. The van der Waals surface area contributed by atoms with E-state index in [-0.39, 0.29) is 5.69 Å². The maximum atomic E-state index is 11.0. The molecule has 0 radical (unpaired) electrons. The van der Waals surface area contributed by atoms with Crippen LogP contribution in [0, 0.1) is 10.1 Å². The summed E-state index contributed by atoms with van der Waals surface area (Å²) in [5, 5.41) is 11.0. The van der Waals surface area contributed by atoms with Crippen LogP contribution in [0.4, 0.5) is 5.69 Å². The van der Waals surface area contributed by atoms with Crippen LogP contribution >= 0.6 is 0 Å². The van der Waals surface area contributed by atoms with Crippen LogP contribution in [0.3, 0.4) is 0 Å². The molecule has 0 unspecified atom stereocenters. The molecular weight excluding hydrogens is 270 g/mol. The van der Waals surface area contributed by atoms with Crippen LogP contribution in [0.2, 0.25) is 0 Å². The number of nitrogens with one attached hydrogen (secondary N) is 1. The Morgan fingerprint density at radius 2 is 2.33 bits per heavy atom. The average Bonchev–Trinajstić information content (AvgIpc) is 3.10. The third-order valence-electron chi connectivity index (χ3n) is 3.38. The number of hydrogen-bond acceptors (Lipinski definition) is 3. The number of nitro benzene ring substituents is 1. The molecule has 0 saturated heterocycles. The van der Waals surface area contributed by atoms with Gasteiger partial charge in [-0.15, -0.1) is 0 Å². The number of non-ortho nitro benzene ring substituents is 1. The lowest BCUT2D eigenvalue weighted by Crippen LogP contribution is -2.30. The number of nitro groups is 1. The normalized spacial score (nSPS) is 11.1. The minimum Gasteiger partial charge on any atom is -0.303 e. The number of aryl methyl sites for hydroxylation is 1. The summed E-state index contributed by atoms with van der Waals surface area (Å²) in [6.45, 7) is 3.10. The molecule has 21 heavy (non-hydrogen) atoms. The fraction of sp³-hybridized carbons (Fsp3) is 0.286. The van der Waals surface area contributed by atoms with Gasteiger partial charge >= 0.3 is 5.95 Å². The van der Waals surface area contributed by atoms with Gasteiger partial charge in [-0.25, -0.2) is 4.57 Å². The summed E-state index contributed by atoms with van der Waals surface area (Å²) in [4.78, 5) is 18.1. The molecule has 3 rings (SSSR count). The first-order valence-electron chi connectivity index (χ1n) is 6.89. The van der Waals surface area contributed by atoms with E-state index in [2.05, 4.69) is 21.5 Å². The molecule has 108 valence electrons. The largest absolute Gasteiger partial charge is 0.304 e. The highest BCUT2D eigenvalue weighted by atomic mass is 16.6. The van der Waals surface area contributed by atoms with Gasteiger partial charge in [0.2, 0.25) is 0 Å². The average molecular weight is 286 g/mol. The molecule has 0 spiro atoms. The number of nitrogens with zero attached hydrogens (tertiary/aromatic N) is 4. The van der Waals surface area contributed by atoms with Crippen molar-refractivity contribution in [3.05, 3.63) is 47.0 Å². The van der Waals surface area contributed by atoms with Crippen molar-refractivity contribution >= 4 is 16.7 Å². The van der Waals surface area contributed by atoms with Gasteiger partial charge in [0, 0.05) is 6.07 Å². The Bertz CT molecular complexity index is 790. The van der Waals surface area contributed by atoms with Crippen molar-refractivity contribution in [1.82, 2.24) is 14.5 Å². The van der Waals surface area contributed by atoms with E-state index in [1.54, 1.807) is 12.1 Å². The summed E-state index contributed by atoms with van der Waals surface area (Å²) in [6, 6.07) is 4.90. The highest BCUT2D eigenvalue weighted by Gasteiger charge is 2.18. The van der Waals surface area contributed by atoms with Crippen molar-refractivity contribution in [1.29, 1.82) is 0 Å². The summed E-state index contributed by atoms with van der Waals surface area (Å²) in [7, 11) is 0. The van der Waals surface area contributed by atoms with Crippen LogP contribution in [-0.2, 0) is 6.54 Å². The fourth-order valence-corrected chi connectivity index (χ4v) is 2.27. The Balaban J connectivity index is 1.99. The minimum absolute atomic E-state index is 0.0148. The van der Waals surface area contributed by atoms with Gasteiger partial charge in [-0.3, -0.25) is 10.1 Å². The molecule has 1 aromatic carbocycles. The Labute approximate surface area is 121 Å². The first-order valence-corrected chi connectivity index (χ1v) is 6.89. The van der Waals surface area contributed by atoms with Crippen molar-refractivity contribution in [3.63, 3.8) is 0 Å². The van der Waals surface area contributed by atoms with E-state index in [1.807, 2.05) is 23.3 Å². The van der Waals surface area contributed by atoms with Crippen molar-refractivity contribution < 1.29 is 9.49 Å². The topological polar surface area (TPSA) is 80.6 Å². The number of para-hydroxylation sites is 1. The highest BCUT2D eigenvalue weighted by molar-refractivity contribution is 5.85. The van der Waals surface area contributed by atoms with E-state index in [0.717, 1.165) is 19.4 Å². The fourth-order valence-electron chi connectivity index (χ4n) is 2.27. The van der Waals surface area contributed by atoms with Gasteiger partial charge in [0.1, 0.15) is 12.4 Å². The van der Waals surface area contributed by atoms with Crippen molar-refractivity contribution in [2.24, 2.45) is 0 Å². The predicted octanol–water partition coefficient (Wildman–Crippen LogP) is 2.35. The molecule has 0 aliphatic rings. The van der Waals surface area contributed by atoms with Crippen LogP contribution in [0.1, 0.15) is 19.8 Å². The zero-order chi connectivity index (χ0) is 14.8. The van der Waals surface area contributed by atoms with E-state index in [0.29, 0.717) is 17.0 Å². The van der Waals surface area contributed by atoms with Gasteiger partial charge in [-0.2, -0.15) is 9.55 Å². The van der Waals surface area contributed by atoms with Gasteiger partial charge in [0.05, 0.1) is 17.0 Å². The molecule has 0 aliphatic heterocycles. The van der Waals surface area contributed by atoms with E-state index in [4.69, 9.17) is 0 Å². The monoisotopic (exact) mass is 286 g/mol. The molecule has 7 nitrogen and oxygen atoms in total. The summed E-state index contributed by atoms with van der Waals surface area (Å²) in [6.07, 6.45) is 8.03. The standard InChI is InChI=1S/C14H16N5O2/c1-2-3-7-17-8-9-18(10-17)14-15-11-5-4-6-12(19(20)21)13(11)16-14/h4-6,8-10H,2-3,7H2,1H3,(H,15,16)/q+1. The second kappa shape index (κ2) is 5.35. The third kappa shape index (κ3) is 2.49. The van der Waals surface area contributed by atoms with E-state index < -0.39 is 4.92 Å². The van der Waals surface area contributed by atoms with E-state index in [9.17, 15) is 10.1 Å². The molecule has 0 bridgehead atoms. The molecule has 0 fully saturated rings. The van der Waals surface area contributed by atoms with Crippen LogP contribution < -0.4 is 4.57 Å². The smallest absolute Gasteiger partial charge is 0.303 e. The van der Waals surface area contributed by atoms with Crippen molar-refractivity contribution in [2.75, 3.05) is 0 Å². The summed E-state index contributed by atoms with van der Waals surface area (Å²) in [5.41, 5.74) is 1.06. The number of unbranched alkanes of at least 4 members (excludes halogenated alkanes) is 1. The molecule has 2 aromatic heterocycles. The van der Waals surface area contributed by atoms with Crippen LogP contribution in [0.25, 0.3) is 17.0 Å². The second-order valence-corrected chi connectivity index (χ2v) is 4.90. The number of rotatable bonds is 5. The molecule has 1 N–H and O–H groups in total. The number of fused-ring (bicyclic) bond motifs is 1. The second-order valence-electron chi connectivity index (χ2n) is 4.90. The number of benzene rings is 1. The zero-order valence-corrected chi connectivity index (χ0v) is 11.7. The number of aromatic amines is 1. The highest BCUT2D eigenvalue weighted by Crippen LogP contribution is 2.23. The van der Waals surface area contributed by atoms with Crippen molar-refractivity contribution in [3.8, 4) is 5.95 Å². The lowest BCUT2D eigenvalue weighted by molar-refractivity contribution is -0.696. The van der Waals surface area contributed by atoms with E-state index in [1.165, 1.54) is 6.07 Å². The molecule has 0 saturated carbocycles.